The van der Waals surface area contributed by atoms with Crippen molar-refractivity contribution in [3.05, 3.63) is 58.9 Å². The van der Waals surface area contributed by atoms with Crippen LogP contribution in [0.4, 0.5) is 5.69 Å². The molecule has 0 aliphatic rings. The molecule has 0 fully saturated rings. The number of nitrogens with one attached hydrogen (secondary N) is 2. The summed E-state index contributed by atoms with van der Waals surface area (Å²) in [5.41, 5.74) is 2.37. The molecule has 104 valence electrons. The molecular weight excluding hydrogens is 274 g/mol. The number of rotatable bonds is 4. The average Bonchev–Trinajstić information content (AvgIpc) is 2.49. The number of amides is 1. The van der Waals surface area contributed by atoms with Gasteiger partial charge in [-0.2, -0.15) is 0 Å². The van der Waals surface area contributed by atoms with Gasteiger partial charge in [-0.15, -0.1) is 0 Å². The van der Waals surface area contributed by atoms with E-state index in [4.69, 9.17) is 11.6 Å². The van der Waals surface area contributed by atoms with Crippen LogP contribution in [0.2, 0.25) is 5.02 Å². The average molecular weight is 290 g/mol. The van der Waals surface area contributed by atoms with Crippen LogP contribution in [0.5, 0.6) is 0 Å². The molecule has 1 aromatic carbocycles. The van der Waals surface area contributed by atoms with E-state index in [0.29, 0.717) is 10.6 Å². The summed E-state index contributed by atoms with van der Waals surface area (Å²) >= 11 is 6.02. The minimum atomic E-state index is -0.201. The molecule has 2 aromatic rings. The van der Waals surface area contributed by atoms with Gasteiger partial charge in [-0.1, -0.05) is 17.7 Å². The molecular formula is C15H16ClN3O. The zero-order chi connectivity index (χ0) is 14.5. The van der Waals surface area contributed by atoms with E-state index in [1.807, 2.05) is 31.3 Å². The van der Waals surface area contributed by atoms with E-state index >= 15 is 0 Å². The number of carbonyl (C=O) groups excluding carboxylic acids is 1. The summed E-state index contributed by atoms with van der Waals surface area (Å²) in [7, 11) is 1.58. The molecule has 0 saturated carbocycles. The van der Waals surface area contributed by atoms with E-state index < -0.39 is 0 Å². The van der Waals surface area contributed by atoms with Gasteiger partial charge in [0.05, 0.1) is 16.6 Å². The van der Waals surface area contributed by atoms with E-state index in [1.165, 1.54) is 0 Å². The van der Waals surface area contributed by atoms with Crippen LogP contribution in [0, 0.1) is 0 Å². The van der Waals surface area contributed by atoms with Crippen molar-refractivity contribution in [3.63, 3.8) is 0 Å². The molecule has 0 aliphatic heterocycles. The maximum Gasteiger partial charge on any atom is 0.252 e. The number of halogens is 1. The van der Waals surface area contributed by atoms with Crippen molar-refractivity contribution in [2.45, 2.75) is 13.0 Å². The second-order valence-corrected chi connectivity index (χ2v) is 4.83. The maximum atomic E-state index is 11.7. The van der Waals surface area contributed by atoms with Crippen molar-refractivity contribution in [2.75, 3.05) is 12.4 Å². The smallest absolute Gasteiger partial charge is 0.252 e. The van der Waals surface area contributed by atoms with Crippen LogP contribution >= 0.6 is 11.6 Å². The number of carbonyl (C=O) groups is 1. The molecule has 4 nitrogen and oxygen atoms in total. The lowest BCUT2D eigenvalue weighted by Crippen LogP contribution is -2.18. The monoisotopic (exact) mass is 289 g/mol. The molecule has 1 amide bonds. The maximum absolute atomic E-state index is 11.7. The Labute approximate surface area is 123 Å². The predicted molar refractivity (Wildman–Crippen MR) is 81.1 cm³/mol. The third kappa shape index (κ3) is 3.27. The SMILES string of the molecule is CNC(=O)c1cc(NC(C)c2cccnc2)ccc1Cl. The van der Waals surface area contributed by atoms with Gasteiger partial charge in [-0.25, -0.2) is 0 Å². The number of pyridine rings is 1. The molecule has 0 saturated heterocycles. The fourth-order valence-electron chi connectivity index (χ4n) is 1.89. The van der Waals surface area contributed by atoms with Gasteiger partial charge < -0.3 is 10.6 Å². The summed E-state index contributed by atoms with van der Waals surface area (Å²) in [5.74, 6) is -0.201. The van der Waals surface area contributed by atoms with Crippen LogP contribution in [0.3, 0.4) is 0 Å². The fraction of sp³-hybridized carbons (Fsp3) is 0.200. The highest BCUT2D eigenvalue weighted by Gasteiger charge is 2.11. The molecule has 1 atom stereocenters. The van der Waals surface area contributed by atoms with Crippen LogP contribution in [0.15, 0.2) is 42.7 Å². The van der Waals surface area contributed by atoms with E-state index in [1.54, 1.807) is 25.4 Å². The highest BCUT2D eigenvalue weighted by atomic mass is 35.5. The highest BCUT2D eigenvalue weighted by molar-refractivity contribution is 6.34. The van der Waals surface area contributed by atoms with E-state index in [2.05, 4.69) is 15.6 Å². The summed E-state index contributed by atoms with van der Waals surface area (Å²) < 4.78 is 0. The second kappa shape index (κ2) is 6.39. The van der Waals surface area contributed by atoms with E-state index in [9.17, 15) is 4.79 Å². The normalized spacial score (nSPS) is 11.8. The van der Waals surface area contributed by atoms with Crippen molar-refractivity contribution >= 4 is 23.2 Å². The third-order valence-electron chi connectivity index (χ3n) is 3.01. The lowest BCUT2D eigenvalue weighted by Gasteiger charge is -2.16. The van der Waals surface area contributed by atoms with E-state index in [0.717, 1.165) is 11.3 Å². The Bertz CT molecular complexity index is 601. The predicted octanol–water partition coefficient (Wildman–Crippen LogP) is 3.27. The molecule has 2 rings (SSSR count). The van der Waals surface area contributed by atoms with Gasteiger partial charge in [0.15, 0.2) is 0 Å². The lowest BCUT2D eigenvalue weighted by molar-refractivity contribution is 0.0963. The first-order chi connectivity index (χ1) is 9.61. The Hall–Kier alpha value is -2.07. The van der Waals surface area contributed by atoms with Crippen LogP contribution in [-0.2, 0) is 0 Å². The summed E-state index contributed by atoms with van der Waals surface area (Å²) in [4.78, 5) is 15.8. The number of benzene rings is 1. The minimum Gasteiger partial charge on any atom is -0.378 e. The Balaban J connectivity index is 2.20. The van der Waals surface area contributed by atoms with Gasteiger partial charge in [-0.05, 0) is 36.8 Å². The zero-order valence-corrected chi connectivity index (χ0v) is 12.1. The van der Waals surface area contributed by atoms with E-state index in [-0.39, 0.29) is 11.9 Å². The van der Waals surface area contributed by atoms with Gasteiger partial charge in [0.1, 0.15) is 0 Å². The van der Waals surface area contributed by atoms with Crippen molar-refractivity contribution < 1.29 is 4.79 Å². The summed E-state index contributed by atoms with van der Waals surface area (Å²) in [6.07, 6.45) is 3.55. The summed E-state index contributed by atoms with van der Waals surface area (Å²) in [6.45, 7) is 2.03. The molecule has 1 unspecified atom stereocenters. The van der Waals surface area contributed by atoms with Gasteiger partial charge in [-0.3, -0.25) is 9.78 Å². The summed E-state index contributed by atoms with van der Waals surface area (Å²) in [5, 5.41) is 6.33. The molecule has 1 aromatic heterocycles. The Morgan fingerprint density at radius 3 is 2.80 bits per heavy atom. The molecule has 0 aliphatic carbocycles. The van der Waals surface area contributed by atoms with Crippen molar-refractivity contribution in [1.29, 1.82) is 0 Å². The van der Waals surface area contributed by atoms with Crippen molar-refractivity contribution in [2.24, 2.45) is 0 Å². The van der Waals surface area contributed by atoms with Gasteiger partial charge in [0.2, 0.25) is 0 Å². The molecule has 2 N–H and O–H groups in total. The Morgan fingerprint density at radius 1 is 1.35 bits per heavy atom. The first kappa shape index (κ1) is 14.3. The fourth-order valence-corrected chi connectivity index (χ4v) is 2.09. The number of hydrogen-bond donors (Lipinski definition) is 2. The zero-order valence-electron chi connectivity index (χ0n) is 11.4. The van der Waals surface area contributed by atoms with Crippen LogP contribution in [0.1, 0.15) is 28.9 Å². The first-order valence-corrected chi connectivity index (χ1v) is 6.67. The molecule has 0 bridgehead atoms. The van der Waals surface area contributed by atoms with Crippen molar-refractivity contribution in [1.82, 2.24) is 10.3 Å². The van der Waals surface area contributed by atoms with Crippen LogP contribution in [-0.4, -0.2) is 17.9 Å². The topological polar surface area (TPSA) is 54.0 Å². The highest BCUT2D eigenvalue weighted by Crippen LogP contribution is 2.24. The number of anilines is 1. The number of nitrogens with zero attached hydrogens (tertiary/aromatic N) is 1. The largest absolute Gasteiger partial charge is 0.378 e. The first-order valence-electron chi connectivity index (χ1n) is 6.30. The lowest BCUT2D eigenvalue weighted by atomic mass is 10.1. The quantitative estimate of drug-likeness (QED) is 0.908. The minimum absolute atomic E-state index is 0.0856. The molecule has 1 heterocycles. The van der Waals surface area contributed by atoms with Crippen LogP contribution in [0.25, 0.3) is 0 Å². The number of hydrogen-bond acceptors (Lipinski definition) is 3. The van der Waals surface area contributed by atoms with Gasteiger partial charge in [0.25, 0.3) is 5.91 Å². The van der Waals surface area contributed by atoms with Crippen LogP contribution < -0.4 is 10.6 Å². The van der Waals surface area contributed by atoms with Crippen molar-refractivity contribution in [3.8, 4) is 0 Å². The molecule has 20 heavy (non-hydrogen) atoms. The van der Waals surface area contributed by atoms with Gasteiger partial charge >= 0.3 is 0 Å². The Kier molecular flexibility index (Phi) is 4.58. The molecule has 0 radical (unpaired) electrons. The Morgan fingerprint density at radius 2 is 2.15 bits per heavy atom. The standard InChI is InChI=1S/C15H16ClN3O/c1-10(11-4-3-7-18-9-11)19-12-5-6-14(16)13(8-12)15(20)17-2/h3-10,19H,1-2H3,(H,17,20). The van der Waals surface area contributed by atoms with Gasteiger partial charge in [0, 0.05) is 25.1 Å². The molecule has 0 spiro atoms. The molecule has 5 heteroatoms. The summed E-state index contributed by atoms with van der Waals surface area (Å²) in [6, 6.07) is 9.29. The second-order valence-electron chi connectivity index (χ2n) is 4.43. The third-order valence-corrected chi connectivity index (χ3v) is 3.34. The number of aromatic nitrogens is 1.